The number of carboxylic acids is 1. The number of carboxylic acid groups (broad SMARTS) is 1. The van der Waals surface area contributed by atoms with Crippen LogP contribution in [0.2, 0.25) is 0 Å². The highest BCUT2D eigenvalue weighted by atomic mass is 16.5. The number of aromatic carboxylic acids is 1. The van der Waals surface area contributed by atoms with Crippen molar-refractivity contribution in [2.24, 2.45) is 0 Å². The molecule has 31 heavy (non-hydrogen) atoms. The van der Waals surface area contributed by atoms with Crippen LogP contribution < -0.4 is 15.0 Å². The second-order valence-electron chi connectivity index (χ2n) is 7.41. The lowest BCUT2D eigenvalue weighted by molar-refractivity contribution is 0.0691. The monoisotopic (exact) mass is 420 g/mol. The Bertz CT molecular complexity index is 1090. The molecule has 0 aliphatic carbocycles. The maximum absolute atomic E-state index is 12.8. The van der Waals surface area contributed by atoms with Gasteiger partial charge in [-0.3, -0.25) is 9.89 Å². The van der Waals surface area contributed by atoms with Gasteiger partial charge in [-0.05, 0) is 49.6 Å². The molecule has 3 aromatic rings. The van der Waals surface area contributed by atoms with Crippen molar-refractivity contribution in [1.82, 2.24) is 10.2 Å². The normalized spacial score (nSPS) is 13.6. The zero-order chi connectivity index (χ0) is 21.8. The molecule has 0 saturated carbocycles. The highest BCUT2D eigenvalue weighted by Crippen LogP contribution is 2.31. The summed E-state index contributed by atoms with van der Waals surface area (Å²) in [6, 6.07) is 14.4. The summed E-state index contributed by atoms with van der Waals surface area (Å²) in [5.41, 5.74) is 2.52. The standard InChI is InChI=1S/C23H24N4O4/c1-31-18-7-5-6-16(14-18)22(28)24-20-19(25-26-21(20)23(29)30)15-8-10-17(11-9-15)27-12-3-2-4-13-27/h5-11,14H,2-4,12-13H2,1H3,(H,24,28)(H,25,26)(H,29,30). The number of rotatable bonds is 6. The Labute approximate surface area is 179 Å². The maximum atomic E-state index is 12.8. The molecule has 2 heterocycles. The van der Waals surface area contributed by atoms with E-state index >= 15 is 0 Å². The van der Waals surface area contributed by atoms with Gasteiger partial charge in [0.1, 0.15) is 17.1 Å². The Hall–Kier alpha value is -3.81. The molecular weight excluding hydrogens is 396 g/mol. The van der Waals surface area contributed by atoms with Gasteiger partial charge in [0.2, 0.25) is 0 Å². The summed E-state index contributed by atoms with van der Waals surface area (Å²) in [5.74, 6) is -1.12. The van der Waals surface area contributed by atoms with Gasteiger partial charge >= 0.3 is 5.97 Å². The Kier molecular flexibility index (Phi) is 5.88. The van der Waals surface area contributed by atoms with Crippen LogP contribution in [0.15, 0.2) is 48.5 Å². The highest BCUT2D eigenvalue weighted by Gasteiger charge is 2.22. The first-order valence-electron chi connectivity index (χ1n) is 10.2. The Morgan fingerprint density at radius 3 is 2.52 bits per heavy atom. The van der Waals surface area contributed by atoms with Crippen molar-refractivity contribution < 1.29 is 19.4 Å². The van der Waals surface area contributed by atoms with Gasteiger partial charge in [0.05, 0.1) is 7.11 Å². The highest BCUT2D eigenvalue weighted by molar-refractivity contribution is 6.09. The van der Waals surface area contributed by atoms with Crippen LogP contribution in [0, 0.1) is 0 Å². The number of methoxy groups -OCH3 is 1. The van der Waals surface area contributed by atoms with Crippen LogP contribution in [0.4, 0.5) is 11.4 Å². The molecule has 0 radical (unpaired) electrons. The van der Waals surface area contributed by atoms with E-state index in [1.807, 2.05) is 24.3 Å². The summed E-state index contributed by atoms with van der Waals surface area (Å²) in [6.07, 6.45) is 3.63. The van der Waals surface area contributed by atoms with Crippen molar-refractivity contribution in [2.75, 3.05) is 30.4 Å². The molecular formula is C23H24N4O4. The SMILES string of the molecule is COc1cccc(C(=O)Nc2c(-c3ccc(N4CCCCC4)cc3)n[nH]c2C(=O)O)c1. The minimum absolute atomic E-state index is 0.131. The lowest BCUT2D eigenvalue weighted by atomic mass is 10.1. The van der Waals surface area contributed by atoms with E-state index in [4.69, 9.17) is 4.74 Å². The Morgan fingerprint density at radius 2 is 1.84 bits per heavy atom. The van der Waals surface area contributed by atoms with Gasteiger partial charge in [0.15, 0.2) is 5.69 Å². The molecule has 0 unspecified atom stereocenters. The van der Waals surface area contributed by atoms with E-state index in [1.54, 1.807) is 24.3 Å². The van der Waals surface area contributed by atoms with E-state index in [1.165, 1.54) is 26.4 Å². The van der Waals surface area contributed by atoms with Crippen LogP contribution in [0.3, 0.4) is 0 Å². The molecule has 0 spiro atoms. The molecule has 1 aliphatic rings. The molecule has 8 nitrogen and oxygen atoms in total. The number of aromatic nitrogens is 2. The summed E-state index contributed by atoms with van der Waals surface area (Å²) >= 11 is 0. The van der Waals surface area contributed by atoms with Crippen LogP contribution in [-0.4, -0.2) is 47.4 Å². The molecule has 160 valence electrons. The summed E-state index contributed by atoms with van der Waals surface area (Å²) in [4.78, 5) is 26.8. The van der Waals surface area contributed by atoms with Gasteiger partial charge in [-0.2, -0.15) is 5.10 Å². The fraction of sp³-hybridized carbons (Fsp3) is 0.261. The number of H-pyrrole nitrogens is 1. The summed E-state index contributed by atoms with van der Waals surface area (Å²) in [6.45, 7) is 2.07. The summed E-state index contributed by atoms with van der Waals surface area (Å²) in [5, 5.41) is 19.0. The fourth-order valence-electron chi connectivity index (χ4n) is 3.76. The predicted octanol–water partition coefficient (Wildman–Crippen LogP) is 4.03. The molecule has 4 rings (SSSR count). The zero-order valence-electron chi connectivity index (χ0n) is 17.2. The molecule has 1 saturated heterocycles. The lowest BCUT2D eigenvalue weighted by Crippen LogP contribution is -2.29. The van der Waals surface area contributed by atoms with Gasteiger partial charge in [-0.15, -0.1) is 0 Å². The molecule has 8 heteroatoms. The largest absolute Gasteiger partial charge is 0.497 e. The minimum Gasteiger partial charge on any atom is -0.497 e. The van der Waals surface area contributed by atoms with E-state index in [0.717, 1.165) is 18.8 Å². The third kappa shape index (κ3) is 4.37. The van der Waals surface area contributed by atoms with Crippen LogP contribution in [0.1, 0.15) is 40.1 Å². The third-order valence-electron chi connectivity index (χ3n) is 5.41. The fourth-order valence-corrected chi connectivity index (χ4v) is 3.76. The summed E-state index contributed by atoms with van der Waals surface area (Å²) < 4.78 is 5.16. The summed E-state index contributed by atoms with van der Waals surface area (Å²) in [7, 11) is 1.52. The number of hydrogen-bond donors (Lipinski definition) is 3. The van der Waals surface area contributed by atoms with Crippen LogP contribution in [-0.2, 0) is 0 Å². The minimum atomic E-state index is -1.20. The number of nitrogens with one attached hydrogen (secondary N) is 2. The second kappa shape index (κ2) is 8.91. The van der Waals surface area contributed by atoms with Gasteiger partial charge in [-0.25, -0.2) is 4.79 Å². The second-order valence-corrected chi connectivity index (χ2v) is 7.41. The number of carbonyl (C=O) groups excluding carboxylic acids is 1. The average molecular weight is 420 g/mol. The van der Waals surface area contributed by atoms with Gasteiger partial charge < -0.3 is 20.1 Å². The molecule has 0 atom stereocenters. The van der Waals surface area contributed by atoms with Crippen molar-refractivity contribution in [1.29, 1.82) is 0 Å². The number of hydrogen-bond acceptors (Lipinski definition) is 5. The quantitative estimate of drug-likeness (QED) is 0.556. The zero-order valence-corrected chi connectivity index (χ0v) is 17.2. The first-order valence-corrected chi connectivity index (χ1v) is 10.2. The predicted molar refractivity (Wildman–Crippen MR) is 118 cm³/mol. The van der Waals surface area contributed by atoms with Crippen LogP contribution >= 0.6 is 0 Å². The van der Waals surface area contributed by atoms with Gasteiger partial charge in [0, 0.05) is 29.9 Å². The van der Waals surface area contributed by atoms with E-state index < -0.39 is 11.9 Å². The van der Waals surface area contributed by atoms with E-state index in [-0.39, 0.29) is 11.4 Å². The molecule has 1 aliphatic heterocycles. The van der Waals surface area contributed by atoms with Crippen LogP contribution in [0.25, 0.3) is 11.3 Å². The Morgan fingerprint density at radius 1 is 1.10 bits per heavy atom. The van der Waals surface area contributed by atoms with E-state index in [0.29, 0.717) is 22.6 Å². The number of piperidine rings is 1. The van der Waals surface area contributed by atoms with E-state index in [2.05, 4.69) is 20.4 Å². The number of amides is 1. The number of aromatic amines is 1. The lowest BCUT2D eigenvalue weighted by Gasteiger charge is -2.28. The topological polar surface area (TPSA) is 108 Å². The first-order chi connectivity index (χ1) is 15.1. The number of anilines is 2. The Balaban J connectivity index is 1.63. The van der Waals surface area contributed by atoms with Crippen LogP contribution in [0.5, 0.6) is 5.75 Å². The first kappa shape index (κ1) is 20.5. The third-order valence-corrected chi connectivity index (χ3v) is 5.41. The number of benzene rings is 2. The van der Waals surface area contributed by atoms with Gasteiger partial charge in [-0.1, -0.05) is 18.2 Å². The van der Waals surface area contributed by atoms with Crippen molar-refractivity contribution in [2.45, 2.75) is 19.3 Å². The average Bonchev–Trinajstić information content (AvgIpc) is 3.23. The molecule has 2 aromatic carbocycles. The maximum Gasteiger partial charge on any atom is 0.356 e. The molecule has 0 bridgehead atoms. The van der Waals surface area contributed by atoms with Crippen molar-refractivity contribution in [3.8, 4) is 17.0 Å². The number of carbonyl (C=O) groups is 2. The number of nitrogens with zero attached hydrogens (tertiary/aromatic N) is 2. The smallest absolute Gasteiger partial charge is 0.356 e. The molecule has 1 fully saturated rings. The van der Waals surface area contributed by atoms with Crippen molar-refractivity contribution in [3.63, 3.8) is 0 Å². The molecule has 3 N–H and O–H groups in total. The molecule has 1 aromatic heterocycles. The molecule has 1 amide bonds. The van der Waals surface area contributed by atoms with E-state index in [9.17, 15) is 14.7 Å². The van der Waals surface area contributed by atoms with Crippen molar-refractivity contribution in [3.05, 3.63) is 59.8 Å². The number of ether oxygens (including phenoxy) is 1. The van der Waals surface area contributed by atoms with Crippen molar-refractivity contribution >= 4 is 23.3 Å². The van der Waals surface area contributed by atoms with Gasteiger partial charge in [0.25, 0.3) is 5.91 Å².